The Morgan fingerprint density at radius 3 is 2.45 bits per heavy atom. The van der Waals surface area contributed by atoms with E-state index in [9.17, 15) is 0 Å². The summed E-state index contributed by atoms with van der Waals surface area (Å²) in [5.41, 5.74) is 2.41. The summed E-state index contributed by atoms with van der Waals surface area (Å²) in [5.74, 6) is 0.535. The molecule has 0 radical (unpaired) electrons. The van der Waals surface area contributed by atoms with Gasteiger partial charge < -0.3 is 4.98 Å². The standard InChI is InChI=1S/C9H12N.W/c1-7(2)9-4-8(3)5-10-6-9;/h4-5,7H,1-3H3;/q-1;. The summed E-state index contributed by atoms with van der Waals surface area (Å²) in [6.45, 7) is 6.34. The molecule has 11 heavy (non-hydrogen) atoms. The van der Waals surface area contributed by atoms with Gasteiger partial charge in [0.2, 0.25) is 0 Å². The normalized spacial score (nSPS) is 9.45. The molecule has 1 rings (SSSR count). The summed E-state index contributed by atoms with van der Waals surface area (Å²) in [7, 11) is 0. The van der Waals surface area contributed by atoms with Crippen LogP contribution in [0.15, 0.2) is 12.3 Å². The fraction of sp³-hybridized carbons (Fsp3) is 0.444. The maximum atomic E-state index is 3.98. The van der Waals surface area contributed by atoms with Crippen LogP contribution in [0.3, 0.4) is 0 Å². The minimum Gasteiger partial charge on any atom is -0.394 e. The van der Waals surface area contributed by atoms with E-state index in [0.717, 1.165) is 0 Å². The molecular weight excluding hydrogens is 306 g/mol. The van der Waals surface area contributed by atoms with Crippen LogP contribution >= 0.6 is 0 Å². The zero-order valence-corrected chi connectivity index (χ0v) is 10.0. The van der Waals surface area contributed by atoms with E-state index in [4.69, 9.17) is 0 Å². The van der Waals surface area contributed by atoms with Gasteiger partial charge in [-0.3, -0.25) is 0 Å². The smallest absolute Gasteiger partial charge is 0 e. The maximum Gasteiger partial charge on any atom is 0 e. The van der Waals surface area contributed by atoms with Gasteiger partial charge in [-0.15, -0.1) is 11.1 Å². The average Bonchev–Trinajstić information content (AvgIpc) is 1.88. The average molecular weight is 318 g/mol. The Labute approximate surface area is 82.5 Å². The SMILES string of the molecule is Cc1cn[c-]c(C(C)C)c1.[W]. The predicted molar refractivity (Wildman–Crippen MR) is 41.9 cm³/mol. The fourth-order valence-corrected chi connectivity index (χ4v) is 0.819. The molecule has 1 heterocycles. The molecule has 60 valence electrons. The van der Waals surface area contributed by atoms with Crippen molar-refractivity contribution < 1.29 is 21.1 Å². The number of pyridine rings is 1. The zero-order chi connectivity index (χ0) is 7.56. The number of hydrogen-bond donors (Lipinski definition) is 0. The number of hydrogen-bond acceptors (Lipinski definition) is 1. The molecule has 1 nitrogen and oxygen atoms in total. The first-order valence-electron chi connectivity index (χ1n) is 3.54. The summed E-state index contributed by atoms with van der Waals surface area (Å²) in [6.07, 6.45) is 4.78. The van der Waals surface area contributed by atoms with Gasteiger partial charge >= 0.3 is 0 Å². The van der Waals surface area contributed by atoms with Gasteiger partial charge in [-0.2, -0.15) is 6.07 Å². The van der Waals surface area contributed by atoms with Crippen molar-refractivity contribution in [3.05, 3.63) is 29.6 Å². The molecule has 0 aliphatic carbocycles. The molecule has 0 spiro atoms. The van der Waals surface area contributed by atoms with Crippen LogP contribution in [0, 0.1) is 13.1 Å². The Bertz CT molecular complexity index is 221. The van der Waals surface area contributed by atoms with Crippen LogP contribution in [0.4, 0.5) is 0 Å². The molecule has 1 aromatic rings. The summed E-state index contributed by atoms with van der Waals surface area (Å²) < 4.78 is 0. The number of rotatable bonds is 1. The monoisotopic (exact) mass is 318 g/mol. The van der Waals surface area contributed by atoms with E-state index in [1.54, 1.807) is 0 Å². The van der Waals surface area contributed by atoms with Crippen LogP contribution in [0.5, 0.6) is 0 Å². The Hall–Kier alpha value is -0.162. The van der Waals surface area contributed by atoms with Crippen LogP contribution in [-0.2, 0) is 21.1 Å². The van der Waals surface area contributed by atoms with Crippen LogP contribution in [0.2, 0.25) is 0 Å². The van der Waals surface area contributed by atoms with Gasteiger partial charge in [0.1, 0.15) is 0 Å². The predicted octanol–water partition coefficient (Wildman–Crippen LogP) is 2.31. The van der Waals surface area contributed by atoms with Gasteiger partial charge in [0, 0.05) is 21.1 Å². The summed E-state index contributed by atoms with van der Waals surface area (Å²) >= 11 is 0. The Kier molecular flexibility index (Phi) is 4.59. The Morgan fingerprint density at radius 1 is 1.45 bits per heavy atom. The minimum atomic E-state index is 0. The van der Waals surface area contributed by atoms with Gasteiger partial charge in [-0.25, -0.2) is 0 Å². The Balaban J connectivity index is 0.000001000. The molecule has 0 unspecified atom stereocenters. The van der Waals surface area contributed by atoms with Crippen LogP contribution < -0.4 is 0 Å². The minimum absolute atomic E-state index is 0. The third kappa shape index (κ3) is 3.16. The van der Waals surface area contributed by atoms with E-state index in [0.29, 0.717) is 5.92 Å². The largest absolute Gasteiger partial charge is 0.394 e. The summed E-state index contributed by atoms with van der Waals surface area (Å²) in [6, 6.07) is 2.12. The van der Waals surface area contributed by atoms with Crippen molar-refractivity contribution in [2.45, 2.75) is 26.7 Å². The molecule has 0 atom stereocenters. The van der Waals surface area contributed by atoms with Crippen molar-refractivity contribution in [3.8, 4) is 0 Å². The van der Waals surface area contributed by atoms with Crippen LogP contribution in [-0.4, -0.2) is 4.98 Å². The van der Waals surface area contributed by atoms with Gasteiger partial charge in [-0.05, 0) is 5.92 Å². The third-order valence-electron chi connectivity index (χ3n) is 1.47. The summed E-state index contributed by atoms with van der Waals surface area (Å²) in [4.78, 5) is 3.98. The third-order valence-corrected chi connectivity index (χ3v) is 1.47. The topological polar surface area (TPSA) is 12.9 Å². The van der Waals surface area contributed by atoms with E-state index in [1.165, 1.54) is 11.1 Å². The van der Waals surface area contributed by atoms with Crippen molar-refractivity contribution in [2.75, 3.05) is 0 Å². The second-order valence-corrected chi connectivity index (χ2v) is 2.87. The molecule has 0 fully saturated rings. The van der Waals surface area contributed by atoms with Crippen LogP contribution in [0.1, 0.15) is 30.9 Å². The molecule has 2 heteroatoms. The fourth-order valence-electron chi connectivity index (χ4n) is 0.819. The second kappa shape index (κ2) is 4.66. The Morgan fingerprint density at radius 2 is 2.09 bits per heavy atom. The first kappa shape index (κ1) is 10.8. The van der Waals surface area contributed by atoms with E-state index in [1.807, 2.05) is 13.1 Å². The van der Waals surface area contributed by atoms with E-state index < -0.39 is 0 Å². The van der Waals surface area contributed by atoms with Gasteiger partial charge in [0.25, 0.3) is 0 Å². The number of nitrogens with zero attached hydrogens (tertiary/aromatic N) is 1. The molecule has 0 amide bonds. The quantitative estimate of drug-likeness (QED) is 0.724. The van der Waals surface area contributed by atoms with E-state index in [-0.39, 0.29) is 21.1 Å². The maximum absolute atomic E-state index is 3.98. The number of aromatic nitrogens is 1. The van der Waals surface area contributed by atoms with Crippen molar-refractivity contribution in [2.24, 2.45) is 0 Å². The molecule has 1 aromatic heterocycles. The van der Waals surface area contributed by atoms with Crippen molar-refractivity contribution >= 4 is 0 Å². The molecule has 0 saturated heterocycles. The molecule has 0 aliphatic heterocycles. The van der Waals surface area contributed by atoms with E-state index in [2.05, 4.69) is 31.1 Å². The molecule has 0 N–H and O–H groups in total. The first-order chi connectivity index (χ1) is 4.70. The van der Waals surface area contributed by atoms with Gasteiger partial charge in [0.05, 0.1) is 0 Å². The zero-order valence-electron chi connectivity index (χ0n) is 7.09. The number of aryl methyl sites for hydroxylation is 1. The summed E-state index contributed by atoms with van der Waals surface area (Å²) in [5, 5.41) is 0. The first-order valence-corrected chi connectivity index (χ1v) is 3.54. The van der Waals surface area contributed by atoms with Gasteiger partial charge in [0.15, 0.2) is 0 Å². The molecular formula is C9H12NW-. The van der Waals surface area contributed by atoms with Crippen molar-refractivity contribution in [1.29, 1.82) is 0 Å². The molecule has 0 aliphatic rings. The van der Waals surface area contributed by atoms with Crippen LogP contribution in [0.25, 0.3) is 0 Å². The molecule has 0 saturated carbocycles. The van der Waals surface area contributed by atoms with Gasteiger partial charge in [-0.1, -0.05) is 33.2 Å². The molecule has 0 bridgehead atoms. The van der Waals surface area contributed by atoms with Crippen molar-refractivity contribution in [1.82, 2.24) is 4.98 Å². The second-order valence-electron chi connectivity index (χ2n) is 2.87. The molecule has 0 aromatic carbocycles. The van der Waals surface area contributed by atoms with E-state index >= 15 is 0 Å². The van der Waals surface area contributed by atoms with Crippen molar-refractivity contribution in [3.63, 3.8) is 0 Å².